The summed E-state index contributed by atoms with van der Waals surface area (Å²) in [5, 5.41) is 15.3. The summed E-state index contributed by atoms with van der Waals surface area (Å²) in [6.45, 7) is 5.00. The van der Waals surface area contributed by atoms with Gasteiger partial charge in [-0.1, -0.05) is 19.1 Å². The molecule has 2 rings (SSSR count). The summed E-state index contributed by atoms with van der Waals surface area (Å²) < 4.78 is 5.89. The second-order valence-electron chi connectivity index (χ2n) is 5.56. The molecule has 1 fully saturated rings. The van der Waals surface area contributed by atoms with Crippen LogP contribution in [0.5, 0.6) is 5.75 Å². The molecule has 0 saturated carbocycles. The Labute approximate surface area is 125 Å². The van der Waals surface area contributed by atoms with Crippen molar-refractivity contribution in [3.63, 3.8) is 0 Å². The van der Waals surface area contributed by atoms with Crippen molar-refractivity contribution in [3.05, 3.63) is 29.8 Å². The van der Waals surface area contributed by atoms with Crippen LogP contribution in [0.1, 0.15) is 25.3 Å². The number of rotatable bonds is 6. The maximum atomic E-state index is 12.0. The predicted molar refractivity (Wildman–Crippen MR) is 81.3 cm³/mol. The van der Waals surface area contributed by atoms with Crippen molar-refractivity contribution in [2.75, 3.05) is 13.1 Å². The highest BCUT2D eigenvalue weighted by atomic mass is 16.5. The van der Waals surface area contributed by atoms with Gasteiger partial charge in [-0.15, -0.1) is 0 Å². The molecule has 5 heteroatoms. The van der Waals surface area contributed by atoms with Gasteiger partial charge in [0.05, 0.1) is 18.7 Å². The fraction of sp³-hybridized carbons (Fsp3) is 0.562. The van der Waals surface area contributed by atoms with Crippen molar-refractivity contribution in [2.24, 2.45) is 0 Å². The van der Waals surface area contributed by atoms with E-state index in [0.717, 1.165) is 17.7 Å². The molecule has 1 aliphatic heterocycles. The quantitative estimate of drug-likeness (QED) is 0.731. The standard InChI is InChI=1S/C16H24N2O3/c1-3-13(21-14-6-4-5-11(2)7-14)10-18-16(20)15-8-12(19)9-17-15/h4-7,12-13,15,17,19H,3,8-10H2,1-2H3,(H,18,20). The van der Waals surface area contributed by atoms with Crippen LogP contribution in [-0.2, 0) is 4.79 Å². The second kappa shape index (κ2) is 7.43. The van der Waals surface area contributed by atoms with E-state index in [-0.39, 0.29) is 18.1 Å². The van der Waals surface area contributed by atoms with E-state index in [1.807, 2.05) is 38.1 Å². The molecule has 1 amide bonds. The highest BCUT2D eigenvalue weighted by Crippen LogP contribution is 2.15. The van der Waals surface area contributed by atoms with E-state index < -0.39 is 6.10 Å². The van der Waals surface area contributed by atoms with Gasteiger partial charge >= 0.3 is 0 Å². The molecule has 0 spiro atoms. The number of carbonyl (C=O) groups excluding carboxylic acids is 1. The Morgan fingerprint density at radius 1 is 1.57 bits per heavy atom. The van der Waals surface area contributed by atoms with Gasteiger partial charge in [-0.05, 0) is 37.5 Å². The minimum atomic E-state index is -0.425. The minimum Gasteiger partial charge on any atom is -0.489 e. The Morgan fingerprint density at radius 3 is 3.00 bits per heavy atom. The normalized spacial score (nSPS) is 22.8. The summed E-state index contributed by atoms with van der Waals surface area (Å²) in [7, 11) is 0. The van der Waals surface area contributed by atoms with Gasteiger partial charge in [-0.25, -0.2) is 0 Å². The lowest BCUT2D eigenvalue weighted by Crippen LogP contribution is -2.44. The van der Waals surface area contributed by atoms with E-state index >= 15 is 0 Å². The zero-order chi connectivity index (χ0) is 15.2. The monoisotopic (exact) mass is 292 g/mol. The molecule has 1 aliphatic rings. The Kier molecular flexibility index (Phi) is 5.59. The van der Waals surface area contributed by atoms with Gasteiger partial charge in [0.25, 0.3) is 0 Å². The fourth-order valence-corrected chi connectivity index (χ4v) is 2.40. The van der Waals surface area contributed by atoms with Crippen LogP contribution in [0, 0.1) is 6.92 Å². The van der Waals surface area contributed by atoms with E-state index in [2.05, 4.69) is 10.6 Å². The van der Waals surface area contributed by atoms with E-state index in [0.29, 0.717) is 19.5 Å². The highest BCUT2D eigenvalue weighted by Gasteiger charge is 2.28. The van der Waals surface area contributed by atoms with Crippen LogP contribution in [0.15, 0.2) is 24.3 Å². The first-order chi connectivity index (χ1) is 10.1. The molecular weight excluding hydrogens is 268 g/mol. The lowest BCUT2D eigenvalue weighted by molar-refractivity contribution is -0.123. The molecule has 1 heterocycles. The Morgan fingerprint density at radius 2 is 2.38 bits per heavy atom. The van der Waals surface area contributed by atoms with Gasteiger partial charge in [0.1, 0.15) is 11.9 Å². The molecule has 0 bridgehead atoms. The van der Waals surface area contributed by atoms with Gasteiger partial charge in [-0.2, -0.15) is 0 Å². The van der Waals surface area contributed by atoms with Crippen LogP contribution in [0.4, 0.5) is 0 Å². The zero-order valence-electron chi connectivity index (χ0n) is 12.6. The molecule has 0 aliphatic carbocycles. The third-order valence-corrected chi connectivity index (χ3v) is 3.68. The van der Waals surface area contributed by atoms with Crippen LogP contribution >= 0.6 is 0 Å². The molecule has 1 aromatic carbocycles. The molecule has 3 N–H and O–H groups in total. The summed E-state index contributed by atoms with van der Waals surface area (Å²) >= 11 is 0. The maximum absolute atomic E-state index is 12.0. The molecule has 1 saturated heterocycles. The number of nitrogens with one attached hydrogen (secondary N) is 2. The van der Waals surface area contributed by atoms with Gasteiger partial charge in [0, 0.05) is 6.54 Å². The van der Waals surface area contributed by atoms with Crippen LogP contribution in [0.25, 0.3) is 0 Å². The van der Waals surface area contributed by atoms with Crippen LogP contribution in [0.2, 0.25) is 0 Å². The summed E-state index contributed by atoms with van der Waals surface area (Å²) in [6.07, 6.45) is 0.810. The minimum absolute atomic E-state index is 0.0536. The molecule has 3 unspecified atom stereocenters. The van der Waals surface area contributed by atoms with Crippen molar-refractivity contribution < 1.29 is 14.6 Å². The molecule has 3 atom stereocenters. The van der Waals surface area contributed by atoms with Gasteiger partial charge in [0.2, 0.25) is 5.91 Å². The number of ether oxygens (including phenoxy) is 1. The van der Waals surface area contributed by atoms with Crippen LogP contribution in [0.3, 0.4) is 0 Å². The topological polar surface area (TPSA) is 70.6 Å². The molecule has 1 aromatic rings. The first kappa shape index (κ1) is 15.8. The summed E-state index contributed by atoms with van der Waals surface area (Å²) in [4.78, 5) is 12.0. The summed E-state index contributed by atoms with van der Waals surface area (Å²) in [6, 6.07) is 7.59. The van der Waals surface area contributed by atoms with E-state index in [1.54, 1.807) is 0 Å². The van der Waals surface area contributed by atoms with E-state index in [4.69, 9.17) is 4.74 Å². The van der Waals surface area contributed by atoms with Gasteiger partial charge in [-0.3, -0.25) is 4.79 Å². The highest BCUT2D eigenvalue weighted by molar-refractivity contribution is 5.82. The Hall–Kier alpha value is -1.59. The Balaban J connectivity index is 1.81. The number of aryl methyl sites for hydroxylation is 1. The smallest absolute Gasteiger partial charge is 0.237 e. The number of carbonyl (C=O) groups is 1. The van der Waals surface area contributed by atoms with Crippen molar-refractivity contribution in [1.82, 2.24) is 10.6 Å². The second-order valence-corrected chi connectivity index (χ2v) is 5.56. The molecule has 21 heavy (non-hydrogen) atoms. The third-order valence-electron chi connectivity index (χ3n) is 3.68. The number of amides is 1. The maximum Gasteiger partial charge on any atom is 0.237 e. The van der Waals surface area contributed by atoms with Gasteiger partial charge in [0.15, 0.2) is 0 Å². The predicted octanol–water partition coefficient (Wildman–Crippen LogP) is 0.991. The number of aliphatic hydroxyl groups excluding tert-OH is 1. The zero-order valence-corrected chi connectivity index (χ0v) is 12.6. The van der Waals surface area contributed by atoms with Crippen molar-refractivity contribution in [3.8, 4) is 5.75 Å². The van der Waals surface area contributed by atoms with Crippen molar-refractivity contribution >= 4 is 5.91 Å². The first-order valence-electron chi connectivity index (χ1n) is 7.51. The number of β-amino-alcohol motifs (C(OH)–C–C–N with tert-alkyl or cyclic N) is 1. The van der Waals surface area contributed by atoms with Crippen LogP contribution in [-0.4, -0.2) is 42.4 Å². The van der Waals surface area contributed by atoms with Gasteiger partial charge < -0.3 is 20.5 Å². The average Bonchev–Trinajstić information content (AvgIpc) is 2.90. The Bertz CT molecular complexity index is 478. The fourth-order valence-electron chi connectivity index (χ4n) is 2.40. The lowest BCUT2D eigenvalue weighted by Gasteiger charge is -2.19. The summed E-state index contributed by atoms with van der Waals surface area (Å²) in [5.41, 5.74) is 1.15. The molecular formula is C16H24N2O3. The third kappa shape index (κ3) is 4.72. The average molecular weight is 292 g/mol. The molecule has 5 nitrogen and oxygen atoms in total. The lowest BCUT2D eigenvalue weighted by atomic mass is 10.2. The first-order valence-corrected chi connectivity index (χ1v) is 7.51. The van der Waals surface area contributed by atoms with Crippen molar-refractivity contribution in [2.45, 2.75) is 44.9 Å². The summed E-state index contributed by atoms with van der Waals surface area (Å²) in [5.74, 6) is 0.753. The van der Waals surface area contributed by atoms with Crippen molar-refractivity contribution in [1.29, 1.82) is 0 Å². The van der Waals surface area contributed by atoms with E-state index in [9.17, 15) is 9.90 Å². The van der Waals surface area contributed by atoms with Crippen LogP contribution < -0.4 is 15.4 Å². The number of hydrogen-bond acceptors (Lipinski definition) is 4. The number of aliphatic hydroxyl groups is 1. The molecule has 0 aromatic heterocycles. The number of benzene rings is 1. The van der Waals surface area contributed by atoms with E-state index in [1.165, 1.54) is 0 Å². The largest absolute Gasteiger partial charge is 0.489 e. The SMILES string of the molecule is CCC(CNC(=O)C1CC(O)CN1)Oc1cccc(C)c1. The molecule has 0 radical (unpaired) electrons. The number of hydrogen-bond donors (Lipinski definition) is 3. The molecule has 116 valence electrons.